The molecule has 116 valence electrons. The fourth-order valence-electron chi connectivity index (χ4n) is 2.91. The molecule has 1 atom stereocenters. The van der Waals surface area contributed by atoms with Gasteiger partial charge in [0.2, 0.25) is 0 Å². The van der Waals surface area contributed by atoms with Crippen LogP contribution in [0.15, 0.2) is 24.4 Å². The number of hydrogen-bond donors (Lipinski definition) is 1. The highest BCUT2D eigenvalue weighted by Crippen LogP contribution is 2.25. The van der Waals surface area contributed by atoms with Crippen LogP contribution >= 0.6 is 0 Å². The second-order valence-corrected chi connectivity index (χ2v) is 5.76. The zero-order chi connectivity index (χ0) is 15.4. The third-order valence-electron chi connectivity index (χ3n) is 4.41. The Hall–Kier alpha value is -1.55. The number of aromatic nitrogens is 2. The fraction of sp³-hybridized carbons (Fsp3) is 0.588. The van der Waals surface area contributed by atoms with Crippen LogP contribution in [-0.2, 0) is 6.42 Å². The Labute approximate surface area is 128 Å². The van der Waals surface area contributed by atoms with Gasteiger partial charge in [0.25, 0.3) is 0 Å². The van der Waals surface area contributed by atoms with Crippen LogP contribution in [0.25, 0.3) is 5.65 Å². The third-order valence-corrected chi connectivity index (χ3v) is 4.41. The normalized spacial score (nSPS) is 13.0. The van der Waals surface area contributed by atoms with E-state index in [1.54, 1.807) is 0 Å². The summed E-state index contributed by atoms with van der Waals surface area (Å²) in [7, 11) is 2.15. The van der Waals surface area contributed by atoms with Crippen molar-refractivity contribution in [1.82, 2.24) is 9.38 Å². The minimum atomic E-state index is 0.180. The average Bonchev–Trinajstić information content (AvgIpc) is 2.87. The zero-order valence-electron chi connectivity index (χ0n) is 13.7. The molecule has 0 spiro atoms. The molecule has 0 saturated heterocycles. The predicted molar refractivity (Wildman–Crippen MR) is 89.9 cm³/mol. The second kappa shape index (κ2) is 6.94. The van der Waals surface area contributed by atoms with Gasteiger partial charge in [0.05, 0.1) is 5.69 Å². The highest BCUT2D eigenvalue weighted by Gasteiger charge is 2.21. The summed E-state index contributed by atoms with van der Waals surface area (Å²) in [6.45, 7) is 6.61. The Morgan fingerprint density at radius 2 is 1.90 bits per heavy atom. The average molecular weight is 288 g/mol. The molecule has 0 aliphatic rings. The van der Waals surface area contributed by atoms with Crippen molar-refractivity contribution >= 4 is 11.5 Å². The monoisotopic (exact) mass is 288 g/mol. The molecule has 0 radical (unpaired) electrons. The Morgan fingerprint density at radius 3 is 2.52 bits per heavy atom. The molecule has 0 amide bonds. The molecule has 2 aromatic heterocycles. The first-order valence-electron chi connectivity index (χ1n) is 8.06. The number of nitrogens with zero attached hydrogens (tertiary/aromatic N) is 3. The van der Waals surface area contributed by atoms with E-state index in [-0.39, 0.29) is 6.04 Å². The van der Waals surface area contributed by atoms with Gasteiger partial charge < -0.3 is 15.0 Å². The molecule has 0 aliphatic heterocycles. The van der Waals surface area contributed by atoms with Crippen molar-refractivity contribution in [3.8, 4) is 0 Å². The summed E-state index contributed by atoms with van der Waals surface area (Å²) in [4.78, 5) is 7.17. The Morgan fingerprint density at radius 1 is 1.19 bits per heavy atom. The molecule has 0 bridgehead atoms. The van der Waals surface area contributed by atoms with Crippen LogP contribution in [0.1, 0.15) is 45.7 Å². The van der Waals surface area contributed by atoms with E-state index in [1.807, 2.05) is 6.07 Å². The maximum Gasteiger partial charge on any atom is 0.151 e. The van der Waals surface area contributed by atoms with E-state index in [0.717, 1.165) is 37.1 Å². The van der Waals surface area contributed by atoms with Crippen LogP contribution in [0.3, 0.4) is 0 Å². The number of anilines is 1. The first-order valence-corrected chi connectivity index (χ1v) is 8.06. The molecule has 2 N–H and O–H groups in total. The van der Waals surface area contributed by atoms with Gasteiger partial charge in [-0.05, 0) is 31.4 Å². The summed E-state index contributed by atoms with van der Waals surface area (Å²) in [5.41, 5.74) is 8.44. The molecule has 2 aromatic rings. The van der Waals surface area contributed by atoms with Gasteiger partial charge in [0.1, 0.15) is 5.65 Å². The molecule has 0 fully saturated rings. The van der Waals surface area contributed by atoms with E-state index in [9.17, 15) is 0 Å². The molecule has 1 unspecified atom stereocenters. The van der Waals surface area contributed by atoms with Gasteiger partial charge in [-0.2, -0.15) is 0 Å². The maximum absolute atomic E-state index is 6.21. The zero-order valence-corrected chi connectivity index (χ0v) is 13.7. The van der Waals surface area contributed by atoms with Crippen LogP contribution in [-0.4, -0.2) is 28.5 Å². The van der Waals surface area contributed by atoms with Crippen molar-refractivity contribution in [2.24, 2.45) is 5.73 Å². The molecule has 0 aromatic carbocycles. The van der Waals surface area contributed by atoms with Crippen molar-refractivity contribution in [2.75, 3.05) is 11.9 Å². The first kappa shape index (κ1) is 15.8. The molecule has 21 heavy (non-hydrogen) atoms. The van der Waals surface area contributed by atoms with Gasteiger partial charge in [-0.25, -0.2) is 4.98 Å². The quantitative estimate of drug-likeness (QED) is 0.851. The Kier molecular flexibility index (Phi) is 5.23. The minimum Gasteiger partial charge on any atom is -0.355 e. The minimum absolute atomic E-state index is 0.180. The van der Waals surface area contributed by atoms with Gasteiger partial charge in [-0.15, -0.1) is 0 Å². The fourth-order valence-corrected chi connectivity index (χ4v) is 2.91. The summed E-state index contributed by atoms with van der Waals surface area (Å²) >= 11 is 0. The molecule has 0 aliphatic carbocycles. The molecular weight excluding hydrogens is 260 g/mol. The SMILES string of the molecule is CCC(N)Cc1c(N(C)C(CC)CC)nc2ccccn12. The number of fused-ring (bicyclic) bond motifs is 1. The number of pyridine rings is 1. The number of imidazole rings is 1. The van der Waals surface area contributed by atoms with Crippen molar-refractivity contribution in [3.05, 3.63) is 30.1 Å². The van der Waals surface area contributed by atoms with E-state index in [2.05, 4.69) is 55.4 Å². The molecule has 4 heteroatoms. The Balaban J connectivity index is 2.48. The molecule has 2 rings (SSSR count). The standard InChI is InChI=1S/C17H28N4/c1-5-13(18)12-15-17(20(4)14(6-2)7-3)19-16-10-8-9-11-21(15)16/h8-11,13-14H,5-7,12,18H2,1-4H3. The van der Waals surface area contributed by atoms with E-state index in [1.165, 1.54) is 5.69 Å². The van der Waals surface area contributed by atoms with Crippen LogP contribution < -0.4 is 10.6 Å². The highest BCUT2D eigenvalue weighted by molar-refractivity contribution is 5.56. The summed E-state index contributed by atoms with van der Waals surface area (Å²) in [5.74, 6) is 1.08. The second-order valence-electron chi connectivity index (χ2n) is 5.76. The highest BCUT2D eigenvalue weighted by atomic mass is 15.2. The van der Waals surface area contributed by atoms with Crippen molar-refractivity contribution in [3.63, 3.8) is 0 Å². The summed E-state index contributed by atoms with van der Waals surface area (Å²) in [5, 5.41) is 0. The largest absolute Gasteiger partial charge is 0.355 e. The van der Waals surface area contributed by atoms with E-state index < -0.39 is 0 Å². The maximum atomic E-state index is 6.21. The van der Waals surface area contributed by atoms with Crippen LogP contribution in [0.4, 0.5) is 5.82 Å². The van der Waals surface area contributed by atoms with Crippen LogP contribution in [0, 0.1) is 0 Å². The van der Waals surface area contributed by atoms with Gasteiger partial charge >= 0.3 is 0 Å². The number of rotatable bonds is 7. The lowest BCUT2D eigenvalue weighted by molar-refractivity contribution is 0.580. The summed E-state index contributed by atoms with van der Waals surface area (Å²) in [6, 6.07) is 6.85. The third kappa shape index (κ3) is 3.21. The summed E-state index contributed by atoms with van der Waals surface area (Å²) in [6.07, 6.45) is 6.18. The van der Waals surface area contributed by atoms with Crippen molar-refractivity contribution in [1.29, 1.82) is 0 Å². The lowest BCUT2D eigenvalue weighted by Crippen LogP contribution is -2.32. The van der Waals surface area contributed by atoms with Gasteiger partial charge in [-0.3, -0.25) is 0 Å². The molecular formula is C17H28N4. The lowest BCUT2D eigenvalue weighted by Gasteiger charge is -2.27. The van der Waals surface area contributed by atoms with Gasteiger partial charge in [-0.1, -0.05) is 26.8 Å². The topological polar surface area (TPSA) is 46.6 Å². The van der Waals surface area contributed by atoms with Crippen LogP contribution in [0.5, 0.6) is 0 Å². The van der Waals surface area contributed by atoms with Gasteiger partial charge in [0.15, 0.2) is 5.82 Å². The van der Waals surface area contributed by atoms with Gasteiger partial charge in [0, 0.05) is 31.7 Å². The molecule has 2 heterocycles. The number of hydrogen-bond acceptors (Lipinski definition) is 3. The predicted octanol–water partition coefficient (Wildman–Crippen LogP) is 3.24. The van der Waals surface area contributed by atoms with E-state index in [0.29, 0.717) is 6.04 Å². The lowest BCUT2D eigenvalue weighted by atomic mass is 10.1. The first-order chi connectivity index (χ1) is 10.1. The van der Waals surface area contributed by atoms with Crippen LogP contribution in [0.2, 0.25) is 0 Å². The molecule has 0 saturated carbocycles. The smallest absolute Gasteiger partial charge is 0.151 e. The number of nitrogens with two attached hydrogens (primary N) is 1. The van der Waals surface area contributed by atoms with Crippen molar-refractivity contribution in [2.45, 2.75) is 58.5 Å². The van der Waals surface area contributed by atoms with E-state index >= 15 is 0 Å². The van der Waals surface area contributed by atoms with Crippen molar-refractivity contribution < 1.29 is 0 Å². The Bertz CT molecular complexity index is 571. The molecule has 4 nitrogen and oxygen atoms in total. The van der Waals surface area contributed by atoms with E-state index in [4.69, 9.17) is 10.7 Å². The summed E-state index contributed by atoms with van der Waals surface area (Å²) < 4.78 is 2.18.